The Kier molecular flexibility index (Phi) is 3.01. The highest BCUT2D eigenvalue weighted by Crippen LogP contribution is 2.14. The fourth-order valence-electron chi connectivity index (χ4n) is 1.28. The number of hydrogen-bond donors (Lipinski definition) is 3. The number of ether oxygens (including phenoxy) is 1. The number of nitrogens with one attached hydrogen (secondary N) is 2. The summed E-state index contributed by atoms with van der Waals surface area (Å²) in [5, 5.41) is 15.1. The lowest BCUT2D eigenvalue weighted by Gasteiger charge is -2.25. The van der Waals surface area contributed by atoms with Gasteiger partial charge in [0.05, 0.1) is 11.4 Å². The molecule has 0 fully saturated rings. The second-order valence-corrected chi connectivity index (χ2v) is 3.14. The molecule has 0 amide bonds. The second kappa shape index (κ2) is 4.04. The van der Waals surface area contributed by atoms with Crippen molar-refractivity contribution in [3.63, 3.8) is 0 Å². The summed E-state index contributed by atoms with van der Waals surface area (Å²) in [6.07, 6.45) is -0.407. The minimum absolute atomic E-state index is 0.0481. The van der Waals surface area contributed by atoms with Gasteiger partial charge in [-0.3, -0.25) is 4.79 Å². The number of rotatable bonds is 3. The Balaban J connectivity index is 2.80. The van der Waals surface area contributed by atoms with E-state index in [-0.39, 0.29) is 5.88 Å². The van der Waals surface area contributed by atoms with E-state index in [0.29, 0.717) is 17.9 Å². The van der Waals surface area contributed by atoms with Crippen LogP contribution in [0.15, 0.2) is 23.0 Å². The summed E-state index contributed by atoms with van der Waals surface area (Å²) in [5.41, 5.74) is 2.12. The van der Waals surface area contributed by atoms with E-state index in [0.717, 1.165) is 5.70 Å². The van der Waals surface area contributed by atoms with Crippen LogP contribution < -0.4 is 10.6 Å². The van der Waals surface area contributed by atoms with Crippen molar-refractivity contribution in [3.05, 3.63) is 23.0 Å². The molecule has 0 radical (unpaired) electrons. The van der Waals surface area contributed by atoms with Crippen LogP contribution in [-0.4, -0.2) is 17.7 Å². The van der Waals surface area contributed by atoms with Gasteiger partial charge in [0, 0.05) is 5.70 Å². The van der Waals surface area contributed by atoms with Gasteiger partial charge < -0.3 is 20.5 Å². The van der Waals surface area contributed by atoms with Crippen molar-refractivity contribution in [2.75, 3.05) is 0 Å². The Bertz CT molecular complexity index is 307. The molecule has 1 rings (SSSR count). The summed E-state index contributed by atoms with van der Waals surface area (Å²) in [4.78, 5) is 10.1. The molecule has 5 nitrogen and oxygen atoms in total. The van der Waals surface area contributed by atoms with E-state index in [2.05, 4.69) is 10.6 Å². The van der Waals surface area contributed by atoms with E-state index in [1.807, 2.05) is 6.92 Å². The largest absolute Gasteiger partial charge is 0.493 e. The lowest BCUT2D eigenvalue weighted by Crippen LogP contribution is -2.34. The lowest BCUT2D eigenvalue weighted by molar-refractivity contribution is -0.131. The fourth-order valence-corrected chi connectivity index (χ4v) is 1.28. The van der Waals surface area contributed by atoms with E-state index in [4.69, 9.17) is 4.74 Å². The smallest absolute Gasteiger partial charge is 0.293 e. The molecule has 14 heavy (non-hydrogen) atoms. The number of allylic oxidation sites excluding steroid dienone is 2. The van der Waals surface area contributed by atoms with E-state index >= 15 is 0 Å². The van der Waals surface area contributed by atoms with Gasteiger partial charge in [0.2, 0.25) is 5.88 Å². The fraction of sp³-hybridized carbons (Fsp3) is 0.444. The first-order chi connectivity index (χ1) is 6.56. The zero-order valence-corrected chi connectivity index (χ0v) is 8.42. The van der Waals surface area contributed by atoms with Gasteiger partial charge in [-0.25, -0.2) is 0 Å². The van der Waals surface area contributed by atoms with Crippen molar-refractivity contribution in [3.8, 4) is 0 Å². The van der Waals surface area contributed by atoms with Crippen molar-refractivity contribution in [1.29, 1.82) is 0 Å². The van der Waals surface area contributed by atoms with Gasteiger partial charge >= 0.3 is 0 Å². The molecule has 0 bridgehead atoms. The van der Waals surface area contributed by atoms with Gasteiger partial charge in [-0.15, -0.1) is 0 Å². The van der Waals surface area contributed by atoms with Crippen LogP contribution in [0, 0.1) is 0 Å². The SMILES string of the molecule is CC1=C(O)NC(C(C)OC=O)=C(C)N1. The third-order valence-electron chi connectivity index (χ3n) is 2.05. The van der Waals surface area contributed by atoms with Crippen molar-refractivity contribution in [1.82, 2.24) is 10.6 Å². The highest BCUT2D eigenvalue weighted by Gasteiger charge is 2.19. The molecule has 3 N–H and O–H groups in total. The molecule has 0 aromatic carbocycles. The van der Waals surface area contributed by atoms with E-state index in [1.165, 1.54) is 0 Å². The maximum absolute atomic E-state index is 10.1. The van der Waals surface area contributed by atoms with Gasteiger partial charge in [-0.2, -0.15) is 0 Å². The van der Waals surface area contributed by atoms with Gasteiger partial charge in [-0.1, -0.05) is 0 Å². The highest BCUT2D eigenvalue weighted by molar-refractivity contribution is 5.39. The monoisotopic (exact) mass is 198 g/mol. The van der Waals surface area contributed by atoms with E-state index < -0.39 is 6.10 Å². The van der Waals surface area contributed by atoms with Crippen LogP contribution in [0.2, 0.25) is 0 Å². The van der Waals surface area contributed by atoms with Crippen molar-refractivity contribution >= 4 is 6.47 Å². The van der Waals surface area contributed by atoms with E-state index in [1.54, 1.807) is 13.8 Å². The van der Waals surface area contributed by atoms with Crippen LogP contribution in [0.25, 0.3) is 0 Å². The average Bonchev–Trinajstić information content (AvgIpc) is 2.11. The minimum atomic E-state index is -0.407. The van der Waals surface area contributed by atoms with Gasteiger partial charge in [0.25, 0.3) is 6.47 Å². The third-order valence-corrected chi connectivity index (χ3v) is 2.05. The highest BCUT2D eigenvalue weighted by atomic mass is 16.5. The Morgan fingerprint density at radius 3 is 2.57 bits per heavy atom. The molecule has 1 heterocycles. The van der Waals surface area contributed by atoms with Crippen molar-refractivity contribution in [2.24, 2.45) is 0 Å². The lowest BCUT2D eigenvalue weighted by atomic mass is 10.2. The molecule has 0 aliphatic carbocycles. The maximum Gasteiger partial charge on any atom is 0.293 e. The van der Waals surface area contributed by atoms with Gasteiger partial charge in [0.15, 0.2) is 0 Å². The van der Waals surface area contributed by atoms with Crippen LogP contribution in [0.4, 0.5) is 0 Å². The second-order valence-electron chi connectivity index (χ2n) is 3.14. The van der Waals surface area contributed by atoms with Crippen LogP contribution in [0.1, 0.15) is 20.8 Å². The number of carbonyl (C=O) groups excluding carboxylic acids is 1. The molecule has 0 spiro atoms. The zero-order chi connectivity index (χ0) is 10.7. The Morgan fingerprint density at radius 1 is 1.36 bits per heavy atom. The summed E-state index contributed by atoms with van der Waals surface area (Å²) in [7, 11) is 0. The predicted molar refractivity (Wildman–Crippen MR) is 50.9 cm³/mol. The summed E-state index contributed by atoms with van der Waals surface area (Å²) >= 11 is 0. The Labute approximate surface area is 82.4 Å². The van der Waals surface area contributed by atoms with E-state index in [9.17, 15) is 9.90 Å². The number of carbonyl (C=O) groups is 1. The molecule has 0 aromatic rings. The molecule has 1 unspecified atom stereocenters. The van der Waals surface area contributed by atoms with Crippen molar-refractivity contribution < 1.29 is 14.6 Å². The molecule has 0 saturated carbocycles. The molecule has 0 saturated heterocycles. The number of hydrogen-bond acceptors (Lipinski definition) is 5. The number of aliphatic hydroxyl groups is 1. The van der Waals surface area contributed by atoms with Crippen LogP contribution >= 0.6 is 0 Å². The average molecular weight is 198 g/mol. The molecule has 5 heteroatoms. The first kappa shape index (κ1) is 10.4. The summed E-state index contributed by atoms with van der Waals surface area (Å²) in [6.45, 7) is 5.68. The Morgan fingerprint density at radius 2 is 2.00 bits per heavy atom. The van der Waals surface area contributed by atoms with Crippen LogP contribution in [0.3, 0.4) is 0 Å². The Hall–Kier alpha value is -1.65. The minimum Gasteiger partial charge on any atom is -0.493 e. The quantitative estimate of drug-likeness (QED) is 0.583. The topological polar surface area (TPSA) is 70.6 Å². The molecule has 78 valence electrons. The standard InChI is InChI=1S/C9H14N2O3/c1-5-8(7(3)14-4-12)11-9(13)6(2)10-5/h4,7,10-11,13H,1-3H3. The van der Waals surface area contributed by atoms with Crippen molar-refractivity contribution in [2.45, 2.75) is 26.9 Å². The zero-order valence-electron chi connectivity index (χ0n) is 8.42. The molecule has 1 atom stereocenters. The first-order valence-corrected chi connectivity index (χ1v) is 4.30. The molecule has 0 aromatic heterocycles. The number of aliphatic hydroxyl groups excluding tert-OH is 1. The maximum atomic E-state index is 10.1. The predicted octanol–water partition coefficient (Wildman–Crippen LogP) is 0.719. The third kappa shape index (κ3) is 1.99. The molecular weight excluding hydrogens is 184 g/mol. The normalized spacial score (nSPS) is 18.5. The molecular formula is C9H14N2O3. The summed E-state index contributed by atoms with van der Waals surface area (Å²) < 4.78 is 4.76. The van der Waals surface area contributed by atoms with Gasteiger partial charge in [-0.05, 0) is 20.8 Å². The summed E-state index contributed by atoms with van der Waals surface area (Å²) in [5.74, 6) is 0.0481. The van der Waals surface area contributed by atoms with Crippen LogP contribution in [0.5, 0.6) is 0 Å². The van der Waals surface area contributed by atoms with Gasteiger partial charge in [0.1, 0.15) is 6.10 Å². The summed E-state index contributed by atoms with van der Waals surface area (Å²) in [6, 6.07) is 0. The molecule has 1 aliphatic rings. The first-order valence-electron chi connectivity index (χ1n) is 4.30. The molecule has 1 aliphatic heterocycles. The van der Waals surface area contributed by atoms with Crippen LogP contribution in [-0.2, 0) is 9.53 Å².